The SMILES string of the molecule is COc1ccc(CN(CC(=O)Nc2ccc(F)c(F)c2)C2CCS(=O)(=O)C2)cc1. The summed E-state index contributed by atoms with van der Waals surface area (Å²) in [6.45, 7) is 0.292. The van der Waals surface area contributed by atoms with E-state index in [-0.39, 0.29) is 29.8 Å². The Balaban J connectivity index is 1.72. The van der Waals surface area contributed by atoms with Crippen molar-refractivity contribution in [3.05, 3.63) is 59.7 Å². The number of ether oxygens (including phenoxy) is 1. The maximum absolute atomic E-state index is 13.4. The highest BCUT2D eigenvalue weighted by Crippen LogP contribution is 2.21. The molecule has 1 amide bonds. The van der Waals surface area contributed by atoms with Crippen LogP contribution in [0.15, 0.2) is 42.5 Å². The average Bonchev–Trinajstić information content (AvgIpc) is 3.04. The van der Waals surface area contributed by atoms with E-state index in [2.05, 4.69) is 5.32 Å². The van der Waals surface area contributed by atoms with E-state index in [4.69, 9.17) is 4.74 Å². The number of halogens is 2. The van der Waals surface area contributed by atoms with Crippen LogP contribution in [0.3, 0.4) is 0 Å². The Labute approximate surface area is 168 Å². The van der Waals surface area contributed by atoms with Crippen molar-refractivity contribution in [1.29, 1.82) is 0 Å². The van der Waals surface area contributed by atoms with E-state index in [1.165, 1.54) is 6.07 Å². The van der Waals surface area contributed by atoms with E-state index in [0.29, 0.717) is 18.7 Å². The number of carbonyl (C=O) groups excluding carboxylic acids is 1. The number of nitrogens with one attached hydrogen (secondary N) is 1. The zero-order valence-corrected chi connectivity index (χ0v) is 16.7. The first kappa shape index (κ1) is 21.2. The van der Waals surface area contributed by atoms with E-state index in [1.807, 2.05) is 12.1 Å². The molecular formula is C20H22F2N2O4S. The predicted molar refractivity (Wildman–Crippen MR) is 105 cm³/mol. The molecule has 1 aliphatic rings. The lowest BCUT2D eigenvalue weighted by atomic mass is 10.1. The van der Waals surface area contributed by atoms with Gasteiger partial charge in [0.2, 0.25) is 5.91 Å². The van der Waals surface area contributed by atoms with Gasteiger partial charge in [-0.3, -0.25) is 9.69 Å². The Morgan fingerprint density at radius 1 is 1.17 bits per heavy atom. The minimum Gasteiger partial charge on any atom is -0.497 e. The maximum Gasteiger partial charge on any atom is 0.238 e. The van der Waals surface area contributed by atoms with Crippen molar-refractivity contribution in [3.8, 4) is 5.75 Å². The largest absolute Gasteiger partial charge is 0.497 e. The van der Waals surface area contributed by atoms with Crippen LogP contribution in [-0.4, -0.2) is 50.4 Å². The van der Waals surface area contributed by atoms with Gasteiger partial charge in [0.05, 0.1) is 25.2 Å². The van der Waals surface area contributed by atoms with E-state index >= 15 is 0 Å². The molecule has 1 fully saturated rings. The number of hydrogen-bond donors (Lipinski definition) is 1. The van der Waals surface area contributed by atoms with Crippen LogP contribution >= 0.6 is 0 Å². The van der Waals surface area contributed by atoms with Crippen LogP contribution in [0.2, 0.25) is 0 Å². The van der Waals surface area contributed by atoms with Gasteiger partial charge in [-0.1, -0.05) is 12.1 Å². The van der Waals surface area contributed by atoms with Gasteiger partial charge in [0.1, 0.15) is 5.75 Å². The first-order chi connectivity index (χ1) is 13.8. The molecule has 1 saturated heterocycles. The van der Waals surface area contributed by atoms with Crippen LogP contribution in [-0.2, 0) is 21.2 Å². The van der Waals surface area contributed by atoms with Gasteiger partial charge < -0.3 is 10.1 Å². The third kappa shape index (κ3) is 5.74. The van der Waals surface area contributed by atoms with Crippen molar-refractivity contribution in [2.45, 2.75) is 19.0 Å². The number of hydrogen-bond acceptors (Lipinski definition) is 5. The minimum absolute atomic E-state index is 0.0123. The zero-order valence-electron chi connectivity index (χ0n) is 15.9. The quantitative estimate of drug-likeness (QED) is 0.740. The molecule has 1 atom stereocenters. The van der Waals surface area contributed by atoms with Crippen LogP contribution < -0.4 is 10.1 Å². The van der Waals surface area contributed by atoms with Crippen molar-refractivity contribution in [2.75, 3.05) is 30.5 Å². The number of carbonyl (C=O) groups is 1. The Hall–Kier alpha value is -2.52. The number of nitrogens with zero attached hydrogens (tertiary/aromatic N) is 1. The molecule has 0 bridgehead atoms. The number of benzene rings is 2. The van der Waals surface area contributed by atoms with Gasteiger partial charge in [-0.15, -0.1) is 0 Å². The molecule has 0 radical (unpaired) electrons. The zero-order chi connectivity index (χ0) is 21.0. The summed E-state index contributed by atoms with van der Waals surface area (Å²) in [6.07, 6.45) is 0.441. The van der Waals surface area contributed by atoms with E-state index in [0.717, 1.165) is 17.7 Å². The maximum atomic E-state index is 13.4. The van der Waals surface area contributed by atoms with Gasteiger partial charge in [-0.2, -0.15) is 0 Å². The summed E-state index contributed by atoms with van der Waals surface area (Å²) in [5, 5.41) is 2.53. The normalized spacial score (nSPS) is 18.0. The molecule has 1 aliphatic heterocycles. The van der Waals surface area contributed by atoms with Gasteiger partial charge in [0.25, 0.3) is 0 Å². The summed E-state index contributed by atoms with van der Waals surface area (Å²) in [6, 6.07) is 10.1. The summed E-state index contributed by atoms with van der Waals surface area (Å²) in [7, 11) is -1.57. The number of methoxy groups -OCH3 is 1. The lowest BCUT2D eigenvalue weighted by molar-refractivity contribution is -0.117. The van der Waals surface area contributed by atoms with Crippen molar-refractivity contribution in [1.82, 2.24) is 4.90 Å². The highest BCUT2D eigenvalue weighted by atomic mass is 32.2. The molecule has 0 spiro atoms. The molecule has 1 unspecified atom stereocenters. The number of anilines is 1. The fraction of sp³-hybridized carbons (Fsp3) is 0.350. The highest BCUT2D eigenvalue weighted by Gasteiger charge is 2.33. The molecule has 9 heteroatoms. The summed E-state index contributed by atoms with van der Waals surface area (Å²) in [5.41, 5.74) is 1.04. The molecular weight excluding hydrogens is 402 g/mol. The third-order valence-corrected chi connectivity index (χ3v) is 6.57. The second-order valence-electron chi connectivity index (χ2n) is 6.99. The van der Waals surface area contributed by atoms with Crippen LogP contribution in [0.4, 0.5) is 14.5 Å². The predicted octanol–water partition coefficient (Wildman–Crippen LogP) is 2.60. The van der Waals surface area contributed by atoms with Crippen molar-refractivity contribution >= 4 is 21.4 Å². The van der Waals surface area contributed by atoms with E-state index < -0.39 is 27.4 Å². The minimum atomic E-state index is -3.13. The Kier molecular flexibility index (Phi) is 6.49. The second-order valence-corrected chi connectivity index (χ2v) is 9.22. The fourth-order valence-electron chi connectivity index (χ4n) is 3.30. The van der Waals surface area contributed by atoms with E-state index in [9.17, 15) is 22.0 Å². The fourth-order valence-corrected chi connectivity index (χ4v) is 5.06. The molecule has 2 aromatic carbocycles. The van der Waals surface area contributed by atoms with Gasteiger partial charge in [-0.05, 0) is 36.2 Å². The summed E-state index contributed by atoms with van der Waals surface area (Å²) >= 11 is 0. The smallest absolute Gasteiger partial charge is 0.238 e. The topological polar surface area (TPSA) is 75.7 Å². The summed E-state index contributed by atoms with van der Waals surface area (Å²) in [4.78, 5) is 14.3. The third-order valence-electron chi connectivity index (χ3n) is 4.82. The number of sulfone groups is 1. The first-order valence-electron chi connectivity index (χ1n) is 9.08. The lowest BCUT2D eigenvalue weighted by Gasteiger charge is -2.27. The summed E-state index contributed by atoms with van der Waals surface area (Å²) < 4.78 is 55.4. The monoisotopic (exact) mass is 424 g/mol. The molecule has 0 aromatic heterocycles. The van der Waals surface area contributed by atoms with Gasteiger partial charge in [-0.25, -0.2) is 17.2 Å². The first-order valence-corrected chi connectivity index (χ1v) is 10.9. The highest BCUT2D eigenvalue weighted by molar-refractivity contribution is 7.91. The summed E-state index contributed by atoms with van der Waals surface area (Å²) in [5.74, 6) is -1.72. The molecule has 156 valence electrons. The van der Waals surface area contributed by atoms with Crippen LogP contribution in [0.1, 0.15) is 12.0 Å². The van der Waals surface area contributed by atoms with Gasteiger partial charge in [0, 0.05) is 24.3 Å². The van der Waals surface area contributed by atoms with Gasteiger partial charge in [0.15, 0.2) is 21.5 Å². The Morgan fingerprint density at radius 2 is 1.90 bits per heavy atom. The lowest BCUT2D eigenvalue weighted by Crippen LogP contribution is -2.41. The molecule has 6 nitrogen and oxygen atoms in total. The van der Waals surface area contributed by atoms with Gasteiger partial charge >= 0.3 is 0 Å². The average molecular weight is 424 g/mol. The molecule has 0 saturated carbocycles. The van der Waals surface area contributed by atoms with Crippen LogP contribution in [0.25, 0.3) is 0 Å². The molecule has 0 aliphatic carbocycles. The molecule has 29 heavy (non-hydrogen) atoms. The Morgan fingerprint density at radius 3 is 2.48 bits per heavy atom. The molecule has 2 aromatic rings. The second kappa shape index (κ2) is 8.87. The molecule has 3 rings (SSSR count). The molecule has 1 N–H and O–H groups in total. The van der Waals surface area contributed by atoms with Crippen LogP contribution in [0.5, 0.6) is 5.75 Å². The standard InChI is InChI=1S/C20H22F2N2O4S/c1-28-17-5-2-14(3-6-17)11-24(16-8-9-29(26,27)13-16)12-20(25)23-15-4-7-18(21)19(22)10-15/h2-7,10,16H,8-9,11-13H2,1H3,(H,23,25). The molecule has 1 heterocycles. The number of amides is 1. The van der Waals surface area contributed by atoms with Crippen LogP contribution in [0, 0.1) is 11.6 Å². The van der Waals surface area contributed by atoms with Crippen molar-refractivity contribution in [2.24, 2.45) is 0 Å². The van der Waals surface area contributed by atoms with Crippen molar-refractivity contribution < 1.29 is 26.7 Å². The van der Waals surface area contributed by atoms with E-state index in [1.54, 1.807) is 24.1 Å². The Bertz CT molecular complexity index is 980. The van der Waals surface area contributed by atoms with Crippen molar-refractivity contribution in [3.63, 3.8) is 0 Å². The number of rotatable bonds is 7.